The van der Waals surface area contributed by atoms with Gasteiger partial charge >= 0.3 is 6.18 Å². The first-order valence-electron chi connectivity index (χ1n) is 3.11. The third kappa shape index (κ3) is 2.09. The van der Waals surface area contributed by atoms with Crippen LogP contribution in [0.1, 0.15) is 11.3 Å². The summed E-state index contributed by atoms with van der Waals surface area (Å²) in [6.45, 7) is 1.66. The van der Waals surface area contributed by atoms with Gasteiger partial charge in [0.25, 0.3) is 0 Å². The van der Waals surface area contributed by atoms with Gasteiger partial charge in [0.15, 0.2) is 0 Å². The van der Waals surface area contributed by atoms with Gasteiger partial charge < -0.3 is 0 Å². The number of rotatable bonds is 0. The normalized spacial score (nSPS) is 11.8. The SMILES string of the molecule is Cc1ccc(C(F)(F)F)c(I)n1. The van der Waals surface area contributed by atoms with Gasteiger partial charge in [-0.1, -0.05) is 0 Å². The quantitative estimate of drug-likeness (QED) is 0.528. The molecule has 0 aliphatic rings. The van der Waals surface area contributed by atoms with Crippen LogP contribution in [0.25, 0.3) is 0 Å². The number of pyridine rings is 1. The van der Waals surface area contributed by atoms with Crippen LogP contribution in [0, 0.1) is 10.6 Å². The van der Waals surface area contributed by atoms with Crippen LogP contribution in [0.5, 0.6) is 0 Å². The summed E-state index contributed by atoms with van der Waals surface area (Å²) < 4.78 is 36.4. The molecule has 0 spiro atoms. The Morgan fingerprint density at radius 1 is 1.33 bits per heavy atom. The molecule has 0 saturated heterocycles. The molecule has 5 heteroatoms. The molecule has 1 heterocycles. The molecule has 0 aliphatic heterocycles. The predicted octanol–water partition coefficient (Wildman–Crippen LogP) is 3.01. The molecule has 66 valence electrons. The van der Waals surface area contributed by atoms with Gasteiger partial charge in [-0.2, -0.15) is 13.2 Å². The highest BCUT2D eigenvalue weighted by atomic mass is 127. The van der Waals surface area contributed by atoms with E-state index in [-0.39, 0.29) is 3.70 Å². The van der Waals surface area contributed by atoms with E-state index in [4.69, 9.17) is 0 Å². The van der Waals surface area contributed by atoms with Gasteiger partial charge in [-0.05, 0) is 41.6 Å². The van der Waals surface area contributed by atoms with Crippen LogP contribution in [0.4, 0.5) is 13.2 Å². The second kappa shape index (κ2) is 3.20. The van der Waals surface area contributed by atoms with Crippen LogP contribution in [-0.2, 0) is 6.18 Å². The molecule has 0 atom stereocenters. The predicted molar refractivity (Wildman–Crippen MR) is 46.7 cm³/mol. The lowest BCUT2D eigenvalue weighted by molar-refractivity contribution is -0.138. The Labute approximate surface area is 81.1 Å². The van der Waals surface area contributed by atoms with Gasteiger partial charge in [0.2, 0.25) is 0 Å². The first-order valence-corrected chi connectivity index (χ1v) is 4.19. The average molecular weight is 287 g/mol. The lowest BCUT2D eigenvalue weighted by Crippen LogP contribution is -2.08. The van der Waals surface area contributed by atoms with Gasteiger partial charge in [-0.3, -0.25) is 0 Å². The van der Waals surface area contributed by atoms with E-state index in [9.17, 15) is 13.2 Å². The van der Waals surface area contributed by atoms with Gasteiger partial charge in [0.1, 0.15) is 3.70 Å². The Kier molecular flexibility index (Phi) is 2.60. The van der Waals surface area contributed by atoms with Gasteiger partial charge in [0, 0.05) is 5.69 Å². The first-order chi connectivity index (χ1) is 5.41. The minimum absolute atomic E-state index is 0.0000926. The Balaban J connectivity index is 3.19. The van der Waals surface area contributed by atoms with Crippen molar-refractivity contribution in [2.45, 2.75) is 13.1 Å². The second-order valence-corrected chi connectivity index (χ2v) is 3.31. The maximum atomic E-state index is 12.1. The van der Waals surface area contributed by atoms with Gasteiger partial charge in [-0.15, -0.1) is 0 Å². The molecule has 0 N–H and O–H groups in total. The van der Waals surface area contributed by atoms with Crippen molar-refractivity contribution in [3.05, 3.63) is 27.1 Å². The fourth-order valence-corrected chi connectivity index (χ4v) is 1.60. The van der Waals surface area contributed by atoms with Gasteiger partial charge in [-0.25, -0.2) is 4.98 Å². The molecule has 0 unspecified atom stereocenters. The summed E-state index contributed by atoms with van der Waals surface area (Å²) in [7, 11) is 0. The van der Waals surface area contributed by atoms with Crippen LogP contribution < -0.4 is 0 Å². The summed E-state index contributed by atoms with van der Waals surface area (Å²) in [5, 5.41) is 0. The van der Waals surface area contributed by atoms with Crippen molar-refractivity contribution in [2.75, 3.05) is 0 Å². The molecule has 0 saturated carbocycles. The number of nitrogens with zero attached hydrogens (tertiary/aromatic N) is 1. The molecule has 1 rings (SSSR count). The third-order valence-corrected chi connectivity index (χ3v) is 2.12. The minimum Gasteiger partial charge on any atom is -0.247 e. The summed E-state index contributed by atoms with van der Waals surface area (Å²) in [6, 6.07) is 2.40. The molecule has 0 fully saturated rings. The standard InChI is InChI=1S/C7H5F3IN/c1-4-2-3-5(6(11)12-4)7(8,9)10/h2-3H,1H3. The number of hydrogen-bond donors (Lipinski definition) is 0. The highest BCUT2D eigenvalue weighted by Gasteiger charge is 2.33. The zero-order chi connectivity index (χ0) is 9.35. The topological polar surface area (TPSA) is 12.9 Å². The molecule has 1 nitrogen and oxygen atoms in total. The van der Waals surface area contributed by atoms with E-state index in [1.807, 2.05) is 0 Å². The van der Waals surface area contributed by atoms with Crippen molar-refractivity contribution >= 4 is 22.6 Å². The van der Waals surface area contributed by atoms with Crippen molar-refractivity contribution in [3.63, 3.8) is 0 Å². The van der Waals surface area contributed by atoms with Crippen LogP contribution in [0.15, 0.2) is 12.1 Å². The van der Waals surface area contributed by atoms with Crippen molar-refractivity contribution in [3.8, 4) is 0 Å². The van der Waals surface area contributed by atoms with E-state index < -0.39 is 11.7 Å². The smallest absolute Gasteiger partial charge is 0.247 e. The number of hydrogen-bond acceptors (Lipinski definition) is 1. The molecule has 0 amide bonds. The van der Waals surface area contributed by atoms with E-state index in [1.165, 1.54) is 6.07 Å². The summed E-state index contributed by atoms with van der Waals surface area (Å²) in [6.07, 6.45) is -4.29. The Morgan fingerprint density at radius 2 is 1.92 bits per heavy atom. The number of halogens is 4. The molecule has 1 aromatic heterocycles. The summed E-state index contributed by atoms with van der Waals surface area (Å²) in [5.74, 6) is 0. The van der Waals surface area contributed by atoms with Crippen molar-refractivity contribution < 1.29 is 13.2 Å². The molecular formula is C7H5F3IN. The minimum atomic E-state index is -4.29. The molecule has 0 aliphatic carbocycles. The molecular weight excluding hydrogens is 282 g/mol. The van der Waals surface area contributed by atoms with E-state index in [2.05, 4.69) is 4.98 Å². The Morgan fingerprint density at radius 3 is 2.33 bits per heavy atom. The van der Waals surface area contributed by atoms with E-state index >= 15 is 0 Å². The fourth-order valence-electron chi connectivity index (χ4n) is 0.736. The van der Waals surface area contributed by atoms with Crippen molar-refractivity contribution in [1.82, 2.24) is 4.98 Å². The Hall–Kier alpha value is -0.330. The third-order valence-electron chi connectivity index (χ3n) is 1.29. The summed E-state index contributed by atoms with van der Waals surface area (Å²) in [4.78, 5) is 3.71. The zero-order valence-corrected chi connectivity index (χ0v) is 8.27. The van der Waals surface area contributed by atoms with Crippen LogP contribution in [-0.4, -0.2) is 4.98 Å². The van der Waals surface area contributed by atoms with Crippen molar-refractivity contribution in [1.29, 1.82) is 0 Å². The summed E-state index contributed by atoms with van der Waals surface area (Å²) >= 11 is 1.58. The van der Waals surface area contributed by atoms with Gasteiger partial charge in [0.05, 0.1) is 5.56 Å². The maximum Gasteiger partial charge on any atom is 0.418 e. The lowest BCUT2D eigenvalue weighted by Gasteiger charge is -2.07. The lowest BCUT2D eigenvalue weighted by atomic mass is 10.2. The van der Waals surface area contributed by atoms with Crippen LogP contribution in [0.2, 0.25) is 0 Å². The molecule has 0 bridgehead atoms. The molecule has 1 aromatic rings. The zero-order valence-electron chi connectivity index (χ0n) is 6.11. The van der Waals surface area contributed by atoms with Crippen molar-refractivity contribution in [2.24, 2.45) is 0 Å². The van der Waals surface area contributed by atoms with E-state index in [1.54, 1.807) is 29.5 Å². The fraction of sp³-hybridized carbons (Fsp3) is 0.286. The molecule has 0 radical (unpaired) electrons. The average Bonchev–Trinajstić information content (AvgIpc) is 1.83. The second-order valence-electron chi connectivity index (χ2n) is 2.29. The first kappa shape index (κ1) is 9.76. The number of aromatic nitrogens is 1. The highest BCUT2D eigenvalue weighted by Crippen LogP contribution is 2.31. The maximum absolute atomic E-state index is 12.1. The van der Waals surface area contributed by atoms with Crippen LogP contribution in [0.3, 0.4) is 0 Å². The monoisotopic (exact) mass is 287 g/mol. The van der Waals surface area contributed by atoms with Crippen LogP contribution >= 0.6 is 22.6 Å². The Bertz CT molecular complexity index is 295. The van der Waals surface area contributed by atoms with E-state index in [0.29, 0.717) is 5.69 Å². The largest absolute Gasteiger partial charge is 0.418 e. The summed E-state index contributed by atoms with van der Waals surface area (Å²) in [5.41, 5.74) is -0.0823. The highest BCUT2D eigenvalue weighted by molar-refractivity contribution is 14.1. The molecule has 0 aromatic carbocycles. The van der Waals surface area contributed by atoms with E-state index in [0.717, 1.165) is 6.07 Å². The molecule has 12 heavy (non-hydrogen) atoms. The number of alkyl halides is 3. The number of aryl methyl sites for hydroxylation is 1.